The Morgan fingerprint density at radius 2 is 1.82 bits per heavy atom. The lowest BCUT2D eigenvalue weighted by molar-refractivity contribution is -0.148. The number of barbiturate groups is 1. The zero-order valence-electron chi connectivity index (χ0n) is 9.80. The molecule has 17 heavy (non-hydrogen) atoms. The fourth-order valence-corrected chi connectivity index (χ4v) is 2.44. The average molecular weight is 303 g/mol. The average Bonchev–Trinajstić information content (AvgIpc) is 2.22. The summed E-state index contributed by atoms with van der Waals surface area (Å²) in [6.45, 7) is 7.37. The van der Waals surface area contributed by atoms with Crippen molar-refractivity contribution >= 4 is 33.8 Å². The van der Waals surface area contributed by atoms with Crippen LogP contribution in [0.4, 0.5) is 4.79 Å². The van der Waals surface area contributed by atoms with E-state index < -0.39 is 23.3 Å². The number of imide groups is 2. The van der Waals surface area contributed by atoms with E-state index in [1.807, 2.05) is 13.8 Å². The smallest absolute Gasteiger partial charge is 0.277 e. The highest BCUT2D eigenvalue weighted by atomic mass is 79.9. The molecule has 1 heterocycles. The third-order valence-electron chi connectivity index (χ3n) is 3.19. The molecule has 0 aromatic heterocycles. The van der Waals surface area contributed by atoms with Crippen molar-refractivity contribution in [1.29, 1.82) is 0 Å². The number of rotatable bonds is 4. The molecule has 0 aliphatic carbocycles. The number of hydrogen-bond donors (Lipinski definition) is 2. The first-order valence-corrected chi connectivity index (χ1v) is 6.14. The Balaban J connectivity index is 3.20. The molecule has 2 N–H and O–H groups in total. The minimum absolute atomic E-state index is 0.174. The van der Waals surface area contributed by atoms with Gasteiger partial charge in [-0.2, -0.15) is 0 Å². The van der Waals surface area contributed by atoms with Crippen LogP contribution >= 0.6 is 15.9 Å². The SMILES string of the molecule is C=C(Br)CC1(C(C)CC)C(=O)NC(=O)NC1=O. The monoisotopic (exact) mass is 302 g/mol. The number of carbonyl (C=O) groups excluding carboxylic acids is 3. The van der Waals surface area contributed by atoms with E-state index >= 15 is 0 Å². The number of halogens is 1. The maximum atomic E-state index is 12.0. The molecule has 1 unspecified atom stereocenters. The first-order chi connectivity index (χ1) is 7.84. The maximum Gasteiger partial charge on any atom is 0.328 e. The molecule has 1 atom stereocenters. The molecular formula is C11H15BrN2O3. The van der Waals surface area contributed by atoms with E-state index in [1.165, 1.54) is 0 Å². The molecule has 6 heteroatoms. The van der Waals surface area contributed by atoms with Gasteiger partial charge in [-0.25, -0.2) is 4.79 Å². The Hall–Kier alpha value is -1.17. The number of amides is 4. The highest BCUT2D eigenvalue weighted by Gasteiger charge is 2.53. The van der Waals surface area contributed by atoms with Crippen molar-refractivity contribution < 1.29 is 14.4 Å². The van der Waals surface area contributed by atoms with Gasteiger partial charge in [0, 0.05) is 6.42 Å². The van der Waals surface area contributed by atoms with Crippen molar-refractivity contribution in [3.05, 3.63) is 11.1 Å². The summed E-state index contributed by atoms with van der Waals surface area (Å²) < 4.78 is 0.553. The zero-order valence-corrected chi connectivity index (χ0v) is 11.4. The van der Waals surface area contributed by atoms with Crippen LogP contribution in [0.3, 0.4) is 0 Å². The zero-order chi connectivity index (χ0) is 13.2. The molecule has 1 aliphatic heterocycles. The quantitative estimate of drug-likeness (QED) is 0.776. The number of urea groups is 1. The fourth-order valence-electron chi connectivity index (χ4n) is 2.00. The standard InChI is InChI=1S/C11H15BrN2O3/c1-4-6(2)11(5-7(3)12)8(15)13-10(17)14-9(11)16/h6H,3-5H2,1-2H3,(H2,13,14,15,16,17). The summed E-state index contributed by atoms with van der Waals surface area (Å²) in [6.07, 6.45) is 0.822. The van der Waals surface area contributed by atoms with Crippen molar-refractivity contribution in [2.75, 3.05) is 0 Å². The van der Waals surface area contributed by atoms with Gasteiger partial charge in [-0.3, -0.25) is 20.2 Å². The summed E-state index contributed by atoms with van der Waals surface area (Å²) in [5, 5.41) is 4.30. The van der Waals surface area contributed by atoms with Gasteiger partial charge < -0.3 is 0 Å². The first kappa shape index (κ1) is 13.9. The van der Waals surface area contributed by atoms with Crippen LogP contribution < -0.4 is 10.6 Å². The Morgan fingerprint density at radius 1 is 1.35 bits per heavy atom. The van der Waals surface area contributed by atoms with E-state index in [1.54, 1.807) is 0 Å². The van der Waals surface area contributed by atoms with Gasteiger partial charge in [0.25, 0.3) is 0 Å². The second-order valence-electron chi connectivity index (χ2n) is 4.21. The predicted molar refractivity (Wildman–Crippen MR) is 66.3 cm³/mol. The van der Waals surface area contributed by atoms with Gasteiger partial charge in [0.1, 0.15) is 5.41 Å². The van der Waals surface area contributed by atoms with E-state index in [2.05, 4.69) is 33.1 Å². The summed E-state index contributed by atoms with van der Waals surface area (Å²) in [6, 6.07) is -0.765. The van der Waals surface area contributed by atoms with Crippen molar-refractivity contribution in [3.63, 3.8) is 0 Å². The van der Waals surface area contributed by atoms with Gasteiger partial charge in [-0.15, -0.1) is 0 Å². The van der Waals surface area contributed by atoms with Crippen molar-refractivity contribution in [1.82, 2.24) is 10.6 Å². The van der Waals surface area contributed by atoms with Gasteiger partial charge in [0.15, 0.2) is 0 Å². The Labute approximate surface area is 108 Å². The summed E-state index contributed by atoms with van der Waals surface area (Å²) in [5.74, 6) is -1.30. The molecule has 0 bridgehead atoms. The maximum absolute atomic E-state index is 12.0. The lowest BCUT2D eigenvalue weighted by atomic mass is 9.70. The molecule has 0 aromatic rings. The summed E-state index contributed by atoms with van der Waals surface area (Å²) in [5.41, 5.74) is -1.26. The van der Waals surface area contributed by atoms with Crippen LogP contribution in [0, 0.1) is 11.3 Å². The van der Waals surface area contributed by atoms with Crippen molar-refractivity contribution in [2.45, 2.75) is 26.7 Å². The Morgan fingerprint density at radius 3 is 2.18 bits per heavy atom. The van der Waals surface area contributed by atoms with E-state index in [4.69, 9.17) is 0 Å². The topological polar surface area (TPSA) is 75.3 Å². The van der Waals surface area contributed by atoms with Crippen LogP contribution in [-0.4, -0.2) is 17.8 Å². The molecular weight excluding hydrogens is 288 g/mol. The Bertz CT molecular complexity index is 372. The minimum atomic E-state index is -1.26. The molecule has 0 spiro atoms. The third kappa shape index (κ3) is 2.41. The van der Waals surface area contributed by atoms with Gasteiger partial charge in [-0.1, -0.05) is 42.8 Å². The van der Waals surface area contributed by atoms with Crippen LogP contribution in [0.15, 0.2) is 11.1 Å². The number of allylic oxidation sites excluding steroid dienone is 1. The van der Waals surface area contributed by atoms with Crippen LogP contribution in [0.5, 0.6) is 0 Å². The van der Waals surface area contributed by atoms with E-state index in [-0.39, 0.29) is 12.3 Å². The second-order valence-corrected chi connectivity index (χ2v) is 5.33. The van der Waals surface area contributed by atoms with Gasteiger partial charge >= 0.3 is 6.03 Å². The van der Waals surface area contributed by atoms with Crippen LogP contribution in [-0.2, 0) is 9.59 Å². The third-order valence-corrected chi connectivity index (χ3v) is 3.47. The Kier molecular flexibility index (Phi) is 4.08. The van der Waals surface area contributed by atoms with E-state index in [0.717, 1.165) is 0 Å². The van der Waals surface area contributed by atoms with E-state index in [0.29, 0.717) is 10.9 Å². The lowest BCUT2D eigenvalue weighted by Crippen LogP contribution is -2.64. The molecule has 1 rings (SSSR count). The van der Waals surface area contributed by atoms with E-state index in [9.17, 15) is 14.4 Å². The predicted octanol–water partition coefficient (Wildman–Crippen LogP) is 1.68. The largest absolute Gasteiger partial charge is 0.328 e. The van der Waals surface area contributed by atoms with Gasteiger partial charge in [0.2, 0.25) is 11.8 Å². The molecule has 0 aromatic carbocycles. The lowest BCUT2D eigenvalue weighted by Gasteiger charge is -2.38. The molecule has 1 fully saturated rings. The highest BCUT2D eigenvalue weighted by molar-refractivity contribution is 9.11. The van der Waals surface area contributed by atoms with Crippen molar-refractivity contribution in [3.8, 4) is 0 Å². The van der Waals surface area contributed by atoms with Crippen LogP contribution in [0.2, 0.25) is 0 Å². The first-order valence-electron chi connectivity index (χ1n) is 5.34. The summed E-state index contributed by atoms with van der Waals surface area (Å²) in [7, 11) is 0. The van der Waals surface area contributed by atoms with Crippen LogP contribution in [0.25, 0.3) is 0 Å². The normalized spacial score (nSPS) is 20.5. The second kappa shape index (κ2) is 5.00. The van der Waals surface area contributed by atoms with Crippen molar-refractivity contribution in [2.24, 2.45) is 11.3 Å². The molecule has 5 nitrogen and oxygen atoms in total. The number of carbonyl (C=O) groups is 3. The molecule has 1 saturated heterocycles. The molecule has 1 aliphatic rings. The summed E-state index contributed by atoms with van der Waals surface area (Å²) >= 11 is 3.17. The highest BCUT2D eigenvalue weighted by Crippen LogP contribution is 2.39. The molecule has 0 radical (unpaired) electrons. The number of nitrogens with one attached hydrogen (secondary N) is 2. The fraction of sp³-hybridized carbons (Fsp3) is 0.545. The van der Waals surface area contributed by atoms with Gasteiger partial charge in [-0.05, 0) is 10.4 Å². The van der Waals surface area contributed by atoms with Crippen LogP contribution in [0.1, 0.15) is 26.7 Å². The molecule has 94 valence electrons. The van der Waals surface area contributed by atoms with Gasteiger partial charge in [0.05, 0.1) is 0 Å². The molecule has 4 amide bonds. The minimum Gasteiger partial charge on any atom is -0.277 e. The summed E-state index contributed by atoms with van der Waals surface area (Å²) in [4.78, 5) is 35.1. The number of hydrogen-bond acceptors (Lipinski definition) is 3. The molecule has 0 saturated carbocycles.